The Morgan fingerprint density at radius 2 is 1.93 bits per heavy atom. The molecular weight excluding hydrogens is 376 g/mol. The first-order valence-corrected chi connectivity index (χ1v) is 10.3. The van der Waals surface area contributed by atoms with Crippen molar-refractivity contribution >= 4 is 40.6 Å². The topological polar surface area (TPSA) is 49.4 Å². The smallest absolute Gasteiger partial charge is 0.259 e. The van der Waals surface area contributed by atoms with Gasteiger partial charge in [-0.15, -0.1) is 11.3 Å². The SMILES string of the molecule is CN1C(=O)c2ccccc2Sc2ccc(C(=O)NCCc3cccs3)cc21. The average Bonchev–Trinajstić information content (AvgIpc) is 3.17. The second-order valence-electron chi connectivity index (χ2n) is 6.23. The summed E-state index contributed by atoms with van der Waals surface area (Å²) in [5.74, 6) is -0.186. The maximum Gasteiger partial charge on any atom is 0.259 e. The molecule has 4 nitrogen and oxygen atoms in total. The van der Waals surface area contributed by atoms with Gasteiger partial charge in [0.1, 0.15) is 0 Å². The summed E-state index contributed by atoms with van der Waals surface area (Å²) in [7, 11) is 1.75. The van der Waals surface area contributed by atoms with Gasteiger partial charge in [0.2, 0.25) is 0 Å². The number of thiophene rings is 1. The Morgan fingerprint density at radius 1 is 1.07 bits per heavy atom. The highest BCUT2D eigenvalue weighted by atomic mass is 32.2. The molecule has 27 heavy (non-hydrogen) atoms. The highest BCUT2D eigenvalue weighted by Gasteiger charge is 2.25. The number of anilines is 1. The largest absolute Gasteiger partial charge is 0.352 e. The highest BCUT2D eigenvalue weighted by molar-refractivity contribution is 7.99. The van der Waals surface area contributed by atoms with Crippen molar-refractivity contribution in [3.63, 3.8) is 0 Å². The lowest BCUT2D eigenvalue weighted by Gasteiger charge is -2.18. The van der Waals surface area contributed by atoms with E-state index in [9.17, 15) is 9.59 Å². The van der Waals surface area contributed by atoms with Gasteiger partial charge >= 0.3 is 0 Å². The Labute approximate surface area is 166 Å². The van der Waals surface area contributed by atoms with E-state index in [2.05, 4.69) is 11.4 Å². The van der Waals surface area contributed by atoms with E-state index in [1.807, 2.05) is 47.8 Å². The van der Waals surface area contributed by atoms with Crippen molar-refractivity contribution in [3.05, 3.63) is 76.0 Å². The minimum absolute atomic E-state index is 0.0629. The summed E-state index contributed by atoms with van der Waals surface area (Å²) in [6.45, 7) is 0.589. The molecule has 1 N–H and O–H groups in total. The zero-order chi connectivity index (χ0) is 18.8. The maximum absolute atomic E-state index is 12.8. The van der Waals surface area contributed by atoms with Crippen LogP contribution < -0.4 is 10.2 Å². The summed E-state index contributed by atoms with van der Waals surface area (Å²) < 4.78 is 0. The fraction of sp³-hybridized carbons (Fsp3) is 0.143. The van der Waals surface area contributed by atoms with Crippen LogP contribution in [0, 0.1) is 0 Å². The molecule has 0 fully saturated rings. The molecule has 0 unspecified atom stereocenters. The summed E-state index contributed by atoms with van der Waals surface area (Å²) in [6, 6.07) is 17.2. The lowest BCUT2D eigenvalue weighted by Crippen LogP contribution is -2.28. The van der Waals surface area contributed by atoms with Crippen molar-refractivity contribution in [2.75, 3.05) is 18.5 Å². The van der Waals surface area contributed by atoms with Gasteiger partial charge in [-0.2, -0.15) is 0 Å². The lowest BCUT2D eigenvalue weighted by molar-refractivity contribution is 0.0951. The molecule has 136 valence electrons. The van der Waals surface area contributed by atoms with E-state index < -0.39 is 0 Å². The summed E-state index contributed by atoms with van der Waals surface area (Å²) in [4.78, 5) is 30.1. The summed E-state index contributed by atoms with van der Waals surface area (Å²) >= 11 is 3.24. The van der Waals surface area contributed by atoms with Crippen LogP contribution in [0.4, 0.5) is 5.69 Å². The number of hydrogen-bond acceptors (Lipinski definition) is 4. The Hall–Kier alpha value is -2.57. The van der Waals surface area contributed by atoms with Crippen molar-refractivity contribution in [2.24, 2.45) is 0 Å². The van der Waals surface area contributed by atoms with E-state index in [-0.39, 0.29) is 11.8 Å². The Balaban J connectivity index is 1.54. The molecule has 0 atom stereocenters. The molecule has 0 saturated carbocycles. The first-order valence-electron chi connectivity index (χ1n) is 8.63. The monoisotopic (exact) mass is 394 g/mol. The predicted molar refractivity (Wildman–Crippen MR) is 110 cm³/mol. The van der Waals surface area contributed by atoms with Gasteiger partial charge in [-0.3, -0.25) is 9.59 Å². The van der Waals surface area contributed by atoms with Gasteiger partial charge in [-0.1, -0.05) is 30.0 Å². The van der Waals surface area contributed by atoms with Gasteiger partial charge in [-0.05, 0) is 48.2 Å². The van der Waals surface area contributed by atoms with Crippen LogP contribution in [0.25, 0.3) is 0 Å². The molecule has 1 aliphatic heterocycles. The van der Waals surface area contributed by atoms with Crippen molar-refractivity contribution in [2.45, 2.75) is 16.2 Å². The second kappa shape index (κ2) is 7.58. The fourth-order valence-electron chi connectivity index (χ4n) is 3.00. The summed E-state index contributed by atoms with van der Waals surface area (Å²) in [5, 5.41) is 4.99. The summed E-state index contributed by atoms with van der Waals surface area (Å²) in [6.07, 6.45) is 0.817. The molecule has 0 aliphatic carbocycles. The van der Waals surface area contributed by atoms with Crippen molar-refractivity contribution in [3.8, 4) is 0 Å². The number of carbonyl (C=O) groups excluding carboxylic acids is 2. The Bertz CT molecular complexity index is 999. The maximum atomic E-state index is 12.8. The minimum Gasteiger partial charge on any atom is -0.352 e. The molecule has 1 aliphatic rings. The quantitative estimate of drug-likeness (QED) is 0.711. The second-order valence-corrected chi connectivity index (χ2v) is 8.35. The molecule has 0 bridgehead atoms. The number of rotatable bonds is 4. The fourth-order valence-corrected chi connectivity index (χ4v) is 4.80. The minimum atomic E-state index is -0.123. The van der Waals surface area contributed by atoms with Crippen LogP contribution >= 0.6 is 23.1 Å². The van der Waals surface area contributed by atoms with Gasteiger partial charge in [0.05, 0.1) is 11.3 Å². The van der Waals surface area contributed by atoms with Crippen LogP contribution in [0.1, 0.15) is 25.6 Å². The van der Waals surface area contributed by atoms with Crippen LogP contribution in [-0.4, -0.2) is 25.4 Å². The number of nitrogens with zero attached hydrogens (tertiary/aromatic N) is 1. The van der Waals surface area contributed by atoms with Gasteiger partial charge in [-0.25, -0.2) is 0 Å². The van der Waals surface area contributed by atoms with E-state index in [1.54, 1.807) is 41.1 Å². The Morgan fingerprint density at radius 3 is 2.74 bits per heavy atom. The van der Waals surface area contributed by atoms with Crippen LogP contribution in [0.15, 0.2) is 69.8 Å². The molecule has 6 heteroatoms. The number of benzene rings is 2. The van der Waals surface area contributed by atoms with Crippen LogP contribution in [0.3, 0.4) is 0 Å². The van der Waals surface area contributed by atoms with Crippen LogP contribution in [0.5, 0.6) is 0 Å². The zero-order valence-electron chi connectivity index (χ0n) is 14.8. The Kier molecular flexibility index (Phi) is 5.01. The third-order valence-corrected chi connectivity index (χ3v) is 6.54. The normalized spacial score (nSPS) is 12.9. The molecule has 0 radical (unpaired) electrons. The van der Waals surface area contributed by atoms with Gasteiger partial charge in [0.15, 0.2) is 0 Å². The van der Waals surface area contributed by atoms with Gasteiger partial charge in [0.25, 0.3) is 11.8 Å². The number of amides is 2. The first kappa shape index (κ1) is 17.8. The first-order chi connectivity index (χ1) is 13.1. The van der Waals surface area contributed by atoms with Crippen molar-refractivity contribution in [1.82, 2.24) is 5.32 Å². The molecule has 2 heterocycles. The van der Waals surface area contributed by atoms with E-state index in [0.29, 0.717) is 17.7 Å². The molecule has 0 spiro atoms. The number of nitrogens with one attached hydrogen (secondary N) is 1. The van der Waals surface area contributed by atoms with Gasteiger partial charge < -0.3 is 10.2 Å². The highest BCUT2D eigenvalue weighted by Crippen LogP contribution is 2.41. The average molecular weight is 395 g/mol. The van der Waals surface area contributed by atoms with Crippen LogP contribution in [-0.2, 0) is 6.42 Å². The standard InChI is InChI=1S/C21H18N2O2S2/c1-23-17-13-14(20(24)22-11-10-15-5-4-12-26-15)8-9-19(17)27-18-7-3-2-6-16(18)21(23)25/h2-9,12-13H,10-11H2,1H3,(H,22,24). The molecule has 2 aromatic carbocycles. The molecule has 3 aromatic rings. The van der Waals surface area contributed by atoms with E-state index in [0.717, 1.165) is 21.9 Å². The number of carbonyl (C=O) groups is 2. The predicted octanol–water partition coefficient (Wildman–Crippen LogP) is 4.46. The van der Waals surface area contributed by atoms with Crippen molar-refractivity contribution < 1.29 is 9.59 Å². The summed E-state index contributed by atoms with van der Waals surface area (Å²) in [5.41, 5.74) is 2.00. The van der Waals surface area contributed by atoms with Crippen LogP contribution in [0.2, 0.25) is 0 Å². The number of hydrogen-bond donors (Lipinski definition) is 1. The molecule has 1 aromatic heterocycles. The number of fused-ring (bicyclic) bond motifs is 2. The zero-order valence-corrected chi connectivity index (χ0v) is 16.4. The van der Waals surface area contributed by atoms with E-state index >= 15 is 0 Å². The van der Waals surface area contributed by atoms with Crippen molar-refractivity contribution in [1.29, 1.82) is 0 Å². The molecule has 2 amide bonds. The molecule has 0 saturated heterocycles. The lowest BCUT2D eigenvalue weighted by atomic mass is 10.1. The molecular formula is C21H18N2O2S2. The third kappa shape index (κ3) is 3.63. The van der Waals surface area contributed by atoms with E-state index in [1.165, 1.54) is 4.88 Å². The third-order valence-electron chi connectivity index (χ3n) is 4.46. The van der Waals surface area contributed by atoms with E-state index in [4.69, 9.17) is 0 Å². The van der Waals surface area contributed by atoms with Gasteiger partial charge in [0, 0.05) is 33.8 Å². The molecule has 4 rings (SSSR count).